The molecule has 2 aromatic heterocycles. The van der Waals surface area contributed by atoms with Crippen LogP contribution in [-0.2, 0) is 6.42 Å². The number of fused-ring (bicyclic) bond motifs is 2. The molecule has 0 atom stereocenters. The van der Waals surface area contributed by atoms with Gasteiger partial charge in [-0.25, -0.2) is 0 Å². The summed E-state index contributed by atoms with van der Waals surface area (Å²) in [5.41, 5.74) is 8.88. The summed E-state index contributed by atoms with van der Waals surface area (Å²) in [4.78, 5) is 3.24. The highest BCUT2D eigenvalue weighted by Crippen LogP contribution is 2.25. The van der Waals surface area contributed by atoms with Crippen LogP contribution in [0.1, 0.15) is 5.56 Å². The Morgan fingerprint density at radius 3 is 3.13 bits per heavy atom. The van der Waals surface area contributed by atoms with Gasteiger partial charge in [0.25, 0.3) is 0 Å². The van der Waals surface area contributed by atoms with Crippen LogP contribution in [0.15, 0.2) is 35.1 Å². The molecule has 3 rings (SSSR count). The second-order valence-electron chi connectivity index (χ2n) is 3.71. The number of furan rings is 1. The van der Waals surface area contributed by atoms with Gasteiger partial charge in [0.2, 0.25) is 0 Å². The van der Waals surface area contributed by atoms with Gasteiger partial charge >= 0.3 is 0 Å². The molecule has 0 spiro atoms. The molecule has 3 N–H and O–H groups in total. The SMILES string of the molecule is NCCc1c[nH]c2cc3occc3cc12. The Kier molecular flexibility index (Phi) is 1.79. The second kappa shape index (κ2) is 3.14. The smallest absolute Gasteiger partial charge is 0.135 e. The topological polar surface area (TPSA) is 55.0 Å². The van der Waals surface area contributed by atoms with Crippen molar-refractivity contribution in [3.05, 3.63) is 36.2 Å². The predicted octanol–water partition coefficient (Wildman–Crippen LogP) is 2.42. The zero-order valence-electron chi connectivity index (χ0n) is 8.29. The van der Waals surface area contributed by atoms with Crippen molar-refractivity contribution in [3.8, 4) is 0 Å². The maximum atomic E-state index is 5.57. The van der Waals surface area contributed by atoms with Crippen molar-refractivity contribution < 1.29 is 4.42 Å². The summed E-state index contributed by atoms with van der Waals surface area (Å²) in [6.45, 7) is 0.677. The third kappa shape index (κ3) is 1.24. The number of hydrogen-bond acceptors (Lipinski definition) is 2. The first kappa shape index (κ1) is 8.56. The maximum Gasteiger partial charge on any atom is 0.135 e. The molecule has 2 heterocycles. The summed E-state index contributed by atoms with van der Waals surface area (Å²) in [6.07, 6.45) is 4.64. The van der Waals surface area contributed by atoms with E-state index in [1.165, 1.54) is 10.9 Å². The average Bonchev–Trinajstić information content (AvgIpc) is 2.82. The van der Waals surface area contributed by atoms with Crippen LogP contribution in [0.25, 0.3) is 21.9 Å². The van der Waals surface area contributed by atoms with Gasteiger partial charge in [-0.05, 0) is 30.7 Å². The van der Waals surface area contributed by atoms with E-state index in [9.17, 15) is 0 Å². The Morgan fingerprint density at radius 2 is 2.27 bits per heavy atom. The summed E-state index contributed by atoms with van der Waals surface area (Å²) >= 11 is 0. The largest absolute Gasteiger partial charge is 0.464 e. The molecule has 0 saturated carbocycles. The lowest BCUT2D eigenvalue weighted by Crippen LogP contribution is -2.01. The van der Waals surface area contributed by atoms with Crippen LogP contribution >= 0.6 is 0 Å². The van der Waals surface area contributed by atoms with Crippen molar-refractivity contribution >= 4 is 21.9 Å². The number of aromatic nitrogens is 1. The number of H-pyrrole nitrogens is 1. The van der Waals surface area contributed by atoms with E-state index in [0.29, 0.717) is 6.54 Å². The molecule has 0 amide bonds. The van der Waals surface area contributed by atoms with Crippen LogP contribution < -0.4 is 5.73 Å². The van der Waals surface area contributed by atoms with E-state index in [0.717, 1.165) is 22.9 Å². The molecular weight excluding hydrogens is 188 g/mol. The lowest BCUT2D eigenvalue weighted by Gasteiger charge is -1.95. The minimum absolute atomic E-state index is 0.677. The van der Waals surface area contributed by atoms with Crippen LogP contribution in [0.3, 0.4) is 0 Å². The van der Waals surface area contributed by atoms with Crippen molar-refractivity contribution in [3.63, 3.8) is 0 Å². The zero-order valence-corrected chi connectivity index (χ0v) is 8.29. The highest BCUT2D eigenvalue weighted by molar-refractivity contribution is 5.96. The van der Waals surface area contributed by atoms with Gasteiger partial charge in [-0.3, -0.25) is 0 Å². The molecule has 0 saturated heterocycles. The number of nitrogens with one attached hydrogen (secondary N) is 1. The van der Waals surface area contributed by atoms with Gasteiger partial charge in [0.15, 0.2) is 0 Å². The van der Waals surface area contributed by atoms with Gasteiger partial charge in [-0.15, -0.1) is 0 Å². The Balaban J connectivity index is 2.31. The Morgan fingerprint density at radius 1 is 1.33 bits per heavy atom. The van der Waals surface area contributed by atoms with Crippen molar-refractivity contribution in [2.75, 3.05) is 6.54 Å². The molecule has 0 fully saturated rings. The molecule has 0 bridgehead atoms. The lowest BCUT2D eigenvalue weighted by atomic mass is 10.1. The van der Waals surface area contributed by atoms with E-state index >= 15 is 0 Å². The Hall–Kier alpha value is -1.74. The Bertz CT molecular complexity index is 606. The number of rotatable bonds is 2. The van der Waals surface area contributed by atoms with E-state index in [4.69, 9.17) is 10.2 Å². The van der Waals surface area contributed by atoms with Gasteiger partial charge in [0, 0.05) is 28.6 Å². The standard InChI is InChI=1S/C12H12N2O/c13-3-1-9-7-14-11-6-12-8(2-4-15-12)5-10(9)11/h2,4-7,14H,1,3,13H2. The molecule has 0 radical (unpaired) electrons. The minimum atomic E-state index is 0.677. The van der Waals surface area contributed by atoms with Crippen molar-refractivity contribution in [1.82, 2.24) is 4.98 Å². The van der Waals surface area contributed by atoms with Crippen LogP contribution in [0.4, 0.5) is 0 Å². The van der Waals surface area contributed by atoms with E-state index in [-0.39, 0.29) is 0 Å². The first-order valence-electron chi connectivity index (χ1n) is 5.06. The first-order valence-corrected chi connectivity index (χ1v) is 5.06. The van der Waals surface area contributed by atoms with E-state index in [1.54, 1.807) is 6.26 Å². The summed E-state index contributed by atoms with van der Waals surface area (Å²) in [5.74, 6) is 0. The van der Waals surface area contributed by atoms with Crippen molar-refractivity contribution in [2.45, 2.75) is 6.42 Å². The normalized spacial score (nSPS) is 11.5. The highest BCUT2D eigenvalue weighted by Gasteiger charge is 2.05. The highest BCUT2D eigenvalue weighted by atomic mass is 16.3. The fourth-order valence-corrected chi connectivity index (χ4v) is 2.00. The first-order chi connectivity index (χ1) is 7.38. The maximum absolute atomic E-state index is 5.57. The fourth-order valence-electron chi connectivity index (χ4n) is 2.00. The lowest BCUT2D eigenvalue weighted by molar-refractivity contribution is 0.616. The molecule has 15 heavy (non-hydrogen) atoms. The molecule has 76 valence electrons. The summed E-state index contributed by atoms with van der Waals surface area (Å²) < 4.78 is 5.35. The summed E-state index contributed by atoms with van der Waals surface area (Å²) in [7, 11) is 0. The molecule has 3 heteroatoms. The number of nitrogens with two attached hydrogens (primary N) is 1. The van der Waals surface area contributed by atoms with Crippen LogP contribution in [0.2, 0.25) is 0 Å². The van der Waals surface area contributed by atoms with E-state index in [2.05, 4.69) is 11.1 Å². The van der Waals surface area contributed by atoms with E-state index in [1.807, 2.05) is 18.3 Å². The summed E-state index contributed by atoms with van der Waals surface area (Å²) in [6, 6.07) is 6.16. The quantitative estimate of drug-likeness (QED) is 0.667. The number of hydrogen-bond donors (Lipinski definition) is 2. The Labute approximate surface area is 86.9 Å². The monoisotopic (exact) mass is 200 g/mol. The fraction of sp³-hybridized carbons (Fsp3) is 0.167. The zero-order chi connectivity index (χ0) is 10.3. The number of benzene rings is 1. The average molecular weight is 200 g/mol. The van der Waals surface area contributed by atoms with E-state index < -0.39 is 0 Å². The van der Waals surface area contributed by atoms with Crippen molar-refractivity contribution in [1.29, 1.82) is 0 Å². The van der Waals surface area contributed by atoms with Crippen LogP contribution in [0.5, 0.6) is 0 Å². The molecule has 0 aliphatic rings. The molecule has 0 aliphatic heterocycles. The van der Waals surface area contributed by atoms with Crippen molar-refractivity contribution in [2.24, 2.45) is 5.73 Å². The third-order valence-corrected chi connectivity index (χ3v) is 2.75. The molecule has 3 aromatic rings. The molecule has 3 nitrogen and oxygen atoms in total. The molecule has 1 aromatic carbocycles. The predicted molar refractivity (Wildman–Crippen MR) is 60.8 cm³/mol. The molecule has 0 unspecified atom stereocenters. The molecular formula is C12H12N2O. The third-order valence-electron chi connectivity index (χ3n) is 2.75. The molecule has 0 aliphatic carbocycles. The summed E-state index contributed by atoms with van der Waals surface area (Å²) in [5, 5.41) is 2.38. The number of aromatic amines is 1. The van der Waals surface area contributed by atoms with Gasteiger partial charge in [0.05, 0.1) is 6.26 Å². The van der Waals surface area contributed by atoms with Gasteiger partial charge < -0.3 is 15.1 Å². The second-order valence-corrected chi connectivity index (χ2v) is 3.71. The van der Waals surface area contributed by atoms with Gasteiger partial charge in [-0.2, -0.15) is 0 Å². The minimum Gasteiger partial charge on any atom is -0.464 e. The van der Waals surface area contributed by atoms with Gasteiger partial charge in [-0.1, -0.05) is 0 Å². The van der Waals surface area contributed by atoms with Crippen LogP contribution in [0, 0.1) is 0 Å². The van der Waals surface area contributed by atoms with Gasteiger partial charge in [0.1, 0.15) is 5.58 Å². The van der Waals surface area contributed by atoms with Crippen LogP contribution in [-0.4, -0.2) is 11.5 Å².